The molecule has 1 atom stereocenters. The van der Waals surface area contributed by atoms with Crippen LogP contribution in [-0.4, -0.2) is 11.7 Å². The van der Waals surface area contributed by atoms with Crippen molar-refractivity contribution in [3.8, 4) is 0 Å². The summed E-state index contributed by atoms with van der Waals surface area (Å²) >= 11 is 1.70. The maximum Gasteiger partial charge on any atom is 0.100 e. The van der Waals surface area contributed by atoms with Gasteiger partial charge in [0.25, 0.3) is 0 Å². The predicted molar refractivity (Wildman–Crippen MR) is 52.4 cm³/mol. The lowest BCUT2D eigenvalue weighted by Gasteiger charge is -2.20. The molecule has 0 radical (unpaired) electrons. The summed E-state index contributed by atoms with van der Waals surface area (Å²) in [7, 11) is 0. The van der Waals surface area contributed by atoms with E-state index in [1.54, 1.807) is 18.3 Å². The first-order valence-corrected chi connectivity index (χ1v) is 4.79. The maximum atomic E-state index is 9.87. The van der Waals surface area contributed by atoms with Gasteiger partial charge in [0.1, 0.15) is 5.60 Å². The Kier molecular flexibility index (Phi) is 2.56. The van der Waals surface area contributed by atoms with Crippen LogP contribution in [0.3, 0.4) is 0 Å². The summed E-state index contributed by atoms with van der Waals surface area (Å²) in [5.41, 5.74) is 5.57. The Morgan fingerprint density at radius 1 is 1.58 bits per heavy atom. The molecule has 0 aliphatic carbocycles. The number of nitrogens with two attached hydrogens (primary N) is 1. The molecule has 0 amide bonds. The Bertz CT molecular complexity index is 278. The van der Waals surface area contributed by atoms with Gasteiger partial charge >= 0.3 is 0 Å². The van der Waals surface area contributed by atoms with Crippen molar-refractivity contribution in [2.45, 2.75) is 26.4 Å². The van der Waals surface area contributed by atoms with E-state index in [-0.39, 0.29) is 6.54 Å². The average Bonchev–Trinajstić information content (AvgIpc) is 2.31. The zero-order valence-electron chi connectivity index (χ0n) is 7.72. The van der Waals surface area contributed by atoms with Crippen molar-refractivity contribution in [2.75, 3.05) is 6.54 Å². The van der Waals surface area contributed by atoms with Crippen LogP contribution in [0.15, 0.2) is 6.07 Å². The molecule has 12 heavy (non-hydrogen) atoms. The van der Waals surface area contributed by atoms with Crippen molar-refractivity contribution < 1.29 is 5.11 Å². The van der Waals surface area contributed by atoms with Crippen molar-refractivity contribution in [1.82, 2.24) is 0 Å². The third-order valence-corrected chi connectivity index (χ3v) is 2.98. The molecule has 0 aliphatic rings. The number of aliphatic hydroxyl groups is 1. The Labute approximate surface area is 77.0 Å². The van der Waals surface area contributed by atoms with Crippen molar-refractivity contribution in [1.29, 1.82) is 0 Å². The van der Waals surface area contributed by atoms with Gasteiger partial charge in [0.05, 0.1) is 0 Å². The molecular weight excluding hydrogens is 170 g/mol. The predicted octanol–water partition coefficient (Wildman–Crippen LogP) is 1.53. The second kappa shape index (κ2) is 3.17. The molecule has 1 heterocycles. The molecule has 1 aromatic rings. The lowest BCUT2D eigenvalue weighted by molar-refractivity contribution is 0.0667. The fourth-order valence-electron chi connectivity index (χ4n) is 1.28. The highest BCUT2D eigenvalue weighted by molar-refractivity contribution is 7.12. The Balaban J connectivity index is 3.09. The number of rotatable bonds is 2. The van der Waals surface area contributed by atoms with Gasteiger partial charge in [-0.2, -0.15) is 0 Å². The van der Waals surface area contributed by atoms with Gasteiger partial charge in [0, 0.05) is 16.3 Å². The van der Waals surface area contributed by atoms with E-state index in [1.807, 2.05) is 19.9 Å². The second-order valence-electron chi connectivity index (χ2n) is 3.30. The molecular formula is C9H15NOS. The Morgan fingerprint density at radius 3 is 2.50 bits per heavy atom. The van der Waals surface area contributed by atoms with Crippen LogP contribution in [0.4, 0.5) is 0 Å². The van der Waals surface area contributed by atoms with E-state index in [4.69, 9.17) is 5.73 Å². The molecule has 68 valence electrons. The van der Waals surface area contributed by atoms with E-state index in [1.165, 1.54) is 4.88 Å². The topological polar surface area (TPSA) is 46.2 Å². The lowest BCUT2D eigenvalue weighted by atomic mass is 9.97. The minimum Gasteiger partial charge on any atom is -0.384 e. The van der Waals surface area contributed by atoms with Gasteiger partial charge in [-0.3, -0.25) is 0 Å². The number of thiophene rings is 1. The van der Waals surface area contributed by atoms with Crippen molar-refractivity contribution >= 4 is 11.3 Å². The minimum atomic E-state index is -0.866. The molecule has 0 spiro atoms. The van der Waals surface area contributed by atoms with Crippen LogP contribution in [0.5, 0.6) is 0 Å². The number of aryl methyl sites for hydroxylation is 2. The normalized spacial score (nSPS) is 16.1. The summed E-state index contributed by atoms with van der Waals surface area (Å²) in [6.07, 6.45) is 0. The van der Waals surface area contributed by atoms with Crippen LogP contribution in [-0.2, 0) is 5.60 Å². The van der Waals surface area contributed by atoms with Gasteiger partial charge in [-0.15, -0.1) is 11.3 Å². The van der Waals surface area contributed by atoms with Gasteiger partial charge in [-0.25, -0.2) is 0 Å². The lowest BCUT2D eigenvalue weighted by Crippen LogP contribution is -2.31. The van der Waals surface area contributed by atoms with Crippen LogP contribution in [0, 0.1) is 13.8 Å². The van der Waals surface area contributed by atoms with Crippen LogP contribution < -0.4 is 5.73 Å². The largest absolute Gasteiger partial charge is 0.384 e. The van der Waals surface area contributed by atoms with Crippen molar-refractivity contribution in [3.63, 3.8) is 0 Å². The fraction of sp³-hybridized carbons (Fsp3) is 0.556. The van der Waals surface area contributed by atoms with E-state index in [0.29, 0.717) is 0 Å². The van der Waals surface area contributed by atoms with Crippen molar-refractivity contribution in [3.05, 3.63) is 21.4 Å². The van der Waals surface area contributed by atoms with Gasteiger partial charge in [0.15, 0.2) is 0 Å². The highest BCUT2D eigenvalue weighted by atomic mass is 32.1. The summed E-state index contributed by atoms with van der Waals surface area (Å²) in [6, 6.07) is 2.01. The third kappa shape index (κ3) is 1.68. The highest BCUT2D eigenvalue weighted by Crippen LogP contribution is 2.29. The van der Waals surface area contributed by atoms with Gasteiger partial charge in [-0.1, -0.05) is 0 Å². The standard InChI is InChI=1S/C9H15NOS/c1-6-4-8(7(2)12-6)9(3,11)5-10/h4,11H,5,10H2,1-3H3. The molecule has 0 saturated carbocycles. The average molecular weight is 185 g/mol. The van der Waals surface area contributed by atoms with E-state index < -0.39 is 5.60 Å². The fourth-order valence-corrected chi connectivity index (χ4v) is 2.32. The zero-order chi connectivity index (χ0) is 9.35. The summed E-state index contributed by atoms with van der Waals surface area (Å²) < 4.78 is 0. The van der Waals surface area contributed by atoms with Crippen molar-refractivity contribution in [2.24, 2.45) is 5.73 Å². The molecule has 1 unspecified atom stereocenters. The molecule has 1 rings (SSSR count). The summed E-state index contributed by atoms with van der Waals surface area (Å²) in [6.45, 7) is 6.07. The Hall–Kier alpha value is -0.380. The molecule has 3 N–H and O–H groups in total. The van der Waals surface area contributed by atoms with E-state index in [0.717, 1.165) is 10.4 Å². The van der Waals surface area contributed by atoms with Crippen LogP contribution in [0.1, 0.15) is 22.2 Å². The zero-order valence-corrected chi connectivity index (χ0v) is 8.53. The summed E-state index contributed by atoms with van der Waals surface area (Å²) in [4.78, 5) is 2.37. The first kappa shape index (κ1) is 9.71. The summed E-state index contributed by atoms with van der Waals surface area (Å²) in [5, 5.41) is 9.87. The Morgan fingerprint density at radius 2 is 2.17 bits per heavy atom. The molecule has 0 aliphatic heterocycles. The van der Waals surface area contributed by atoms with E-state index in [2.05, 4.69) is 0 Å². The summed E-state index contributed by atoms with van der Waals surface area (Å²) in [5.74, 6) is 0. The van der Waals surface area contributed by atoms with Gasteiger partial charge in [-0.05, 0) is 32.4 Å². The molecule has 3 heteroatoms. The van der Waals surface area contributed by atoms with Gasteiger partial charge < -0.3 is 10.8 Å². The molecule has 0 aromatic carbocycles. The minimum absolute atomic E-state index is 0.268. The molecule has 1 aromatic heterocycles. The number of hydrogen-bond acceptors (Lipinski definition) is 3. The first-order valence-electron chi connectivity index (χ1n) is 3.97. The molecule has 0 bridgehead atoms. The van der Waals surface area contributed by atoms with Crippen LogP contribution >= 0.6 is 11.3 Å². The van der Waals surface area contributed by atoms with E-state index in [9.17, 15) is 5.11 Å². The van der Waals surface area contributed by atoms with E-state index >= 15 is 0 Å². The number of hydrogen-bond donors (Lipinski definition) is 2. The monoisotopic (exact) mass is 185 g/mol. The molecule has 2 nitrogen and oxygen atoms in total. The van der Waals surface area contributed by atoms with Crippen LogP contribution in [0.2, 0.25) is 0 Å². The SMILES string of the molecule is Cc1cc(C(C)(O)CN)c(C)s1. The first-order chi connectivity index (χ1) is 5.47. The van der Waals surface area contributed by atoms with Gasteiger partial charge in [0.2, 0.25) is 0 Å². The molecule has 0 fully saturated rings. The maximum absolute atomic E-state index is 9.87. The smallest absolute Gasteiger partial charge is 0.100 e. The third-order valence-electron chi connectivity index (χ3n) is 2.02. The second-order valence-corrected chi connectivity index (χ2v) is 4.77. The highest BCUT2D eigenvalue weighted by Gasteiger charge is 2.24. The van der Waals surface area contributed by atoms with Crippen LogP contribution in [0.25, 0.3) is 0 Å². The quantitative estimate of drug-likeness (QED) is 0.734. The molecule has 0 saturated heterocycles.